The largest absolute Gasteiger partial charge is 0.397 e. The van der Waals surface area contributed by atoms with Crippen LogP contribution < -0.4 is 11.1 Å². The van der Waals surface area contributed by atoms with E-state index in [0.29, 0.717) is 24.2 Å². The van der Waals surface area contributed by atoms with Gasteiger partial charge < -0.3 is 16.2 Å². The minimum absolute atomic E-state index is 0.430. The molecule has 0 amide bonds. The summed E-state index contributed by atoms with van der Waals surface area (Å²) in [7, 11) is 0. The number of hydrogen-bond acceptors (Lipinski definition) is 4. The molecule has 0 saturated heterocycles. The molecule has 0 aliphatic carbocycles. The van der Waals surface area contributed by atoms with Gasteiger partial charge in [0.15, 0.2) is 0 Å². The molecule has 1 atom stereocenters. The molecule has 16 heavy (non-hydrogen) atoms. The second-order valence-corrected chi connectivity index (χ2v) is 4.12. The number of anilines is 2. The Morgan fingerprint density at radius 1 is 1.56 bits per heavy atom. The van der Waals surface area contributed by atoms with Crippen molar-refractivity contribution in [1.82, 2.24) is 0 Å². The Hall–Kier alpha value is -1.73. The molecule has 4 heteroatoms. The van der Waals surface area contributed by atoms with E-state index in [1.165, 1.54) is 0 Å². The maximum atomic E-state index is 9.82. The summed E-state index contributed by atoms with van der Waals surface area (Å²) < 4.78 is 0. The highest BCUT2D eigenvalue weighted by molar-refractivity contribution is 5.68. The van der Waals surface area contributed by atoms with Crippen molar-refractivity contribution >= 4 is 11.4 Å². The minimum atomic E-state index is -0.750. The third-order valence-electron chi connectivity index (χ3n) is 2.60. The summed E-state index contributed by atoms with van der Waals surface area (Å²) in [5.74, 6) is 0. The fourth-order valence-corrected chi connectivity index (χ4v) is 1.20. The van der Waals surface area contributed by atoms with Gasteiger partial charge in [-0.1, -0.05) is 6.92 Å². The van der Waals surface area contributed by atoms with E-state index in [-0.39, 0.29) is 0 Å². The van der Waals surface area contributed by atoms with Crippen LogP contribution in [0.5, 0.6) is 0 Å². The monoisotopic (exact) mass is 219 g/mol. The van der Waals surface area contributed by atoms with E-state index < -0.39 is 5.60 Å². The summed E-state index contributed by atoms with van der Waals surface area (Å²) in [6.07, 6.45) is 0.663. The number of nitriles is 1. The number of aliphatic hydroxyl groups is 1. The van der Waals surface area contributed by atoms with Crippen molar-refractivity contribution in [3.8, 4) is 6.07 Å². The van der Waals surface area contributed by atoms with Crippen LogP contribution in [-0.4, -0.2) is 17.3 Å². The van der Waals surface area contributed by atoms with Gasteiger partial charge in [-0.25, -0.2) is 0 Å². The zero-order chi connectivity index (χ0) is 12.2. The molecule has 0 bridgehead atoms. The van der Waals surface area contributed by atoms with Crippen LogP contribution in [0.2, 0.25) is 0 Å². The Bertz CT molecular complexity index is 407. The first-order valence-electron chi connectivity index (χ1n) is 5.24. The molecule has 0 radical (unpaired) electrons. The normalized spacial score (nSPS) is 13.9. The summed E-state index contributed by atoms with van der Waals surface area (Å²) >= 11 is 0. The van der Waals surface area contributed by atoms with E-state index in [0.717, 1.165) is 5.69 Å². The standard InChI is InChI=1S/C12H17N3O/c1-3-12(2,16)8-15-11-5-4-9(7-13)6-10(11)14/h4-6,15-16H,3,8,14H2,1-2H3. The maximum absolute atomic E-state index is 9.82. The topological polar surface area (TPSA) is 82.1 Å². The highest BCUT2D eigenvalue weighted by Gasteiger charge is 2.17. The molecular weight excluding hydrogens is 202 g/mol. The number of nitrogens with two attached hydrogens (primary N) is 1. The lowest BCUT2D eigenvalue weighted by molar-refractivity contribution is 0.0697. The Morgan fingerprint density at radius 2 is 2.25 bits per heavy atom. The first-order chi connectivity index (χ1) is 7.48. The van der Waals surface area contributed by atoms with Crippen molar-refractivity contribution in [3.05, 3.63) is 23.8 Å². The molecule has 1 rings (SSSR count). The van der Waals surface area contributed by atoms with Gasteiger partial charge in [0.05, 0.1) is 28.6 Å². The third kappa shape index (κ3) is 3.14. The molecular formula is C12H17N3O. The van der Waals surface area contributed by atoms with Crippen molar-refractivity contribution in [1.29, 1.82) is 5.26 Å². The third-order valence-corrected chi connectivity index (χ3v) is 2.60. The first-order valence-corrected chi connectivity index (χ1v) is 5.24. The van der Waals surface area contributed by atoms with Crippen molar-refractivity contribution < 1.29 is 5.11 Å². The molecule has 86 valence electrons. The molecule has 0 heterocycles. The summed E-state index contributed by atoms with van der Waals surface area (Å²) in [5.41, 5.74) is 6.82. The highest BCUT2D eigenvalue weighted by atomic mass is 16.3. The fourth-order valence-electron chi connectivity index (χ4n) is 1.20. The Morgan fingerprint density at radius 3 is 2.75 bits per heavy atom. The van der Waals surface area contributed by atoms with Crippen LogP contribution in [0.3, 0.4) is 0 Å². The van der Waals surface area contributed by atoms with Crippen molar-refractivity contribution in [3.63, 3.8) is 0 Å². The predicted molar refractivity (Wildman–Crippen MR) is 65.0 cm³/mol. The second-order valence-electron chi connectivity index (χ2n) is 4.12. The Balaban J connectivity index is 2.73. The minimum Gasteiger partial charge on any atom is -0.397 e. The summed E-state index contributed by atoms with van der Waals surface area (Å²) in [5, 5.41) is 21.6. The summed E-state index contributed by atoms with van der Waals surface area (Å²) in [6.45, 7) is 4.11. The number of nitrogen functional groups attached to an aromatic ring is 1. The molecule has 0 aromatic heterocycles. The van der Waals surface area contributed by atoms with E-state index in [1.807, 2.05) is 13.0 Å². The SMILES string of the molecule is CCC(C)(O)CNc1ccc(C#N)cc1N. The van der Waals surface area contributed by atoms with Gasteiger partial charge in [0, 0.05) is 6.54 Å². The van der Waals surface area contributed by atoms with Gasteiger partial charge >= 0.3 is 0 Å². The maximum Gasteiger partial charge on any atom is 0.0992 e. The average Bonchev–Trinajstić information content (AvgIpc) is 2.27. The van der Waals surface area contributed by atoms with Crippen LogP contribution in [0, 0.1) is 11.3 Å². The van der Waals surface area contributed by atoms with Crippen LogP contribution in [0.15, 0.2) is 18.2 Å². The summed E-state index contributed by atoms with van der Waals surface area (Å²) in [6, 6.07) is 7.08. The molecule has 0 aliphatic heterocycles. The Kier molecular flexibility index (Phi) is 3.75. The number of rotatable bonds is 4. The van der Waals surface area contributed by atoms with E-state index >= 15 is 0 Å². The van der Waals surface area contributed by atoms with Crippen LogP contribution >= 0.6 is 0 Å². The van der Waals surface area contributed by atoms with E-state index in [1.54, 1.807) is 25.1 Å². The van der Waals surface area contributed by atoms with Crippen LogP contribution in [0.25, 0.3) is 0 Å². The Labute approximate surface area is 95.7 Å². The molecule has 4 N–H and O–H groups in total. The van der Waals surface area contributed by atoms with Gasteiger partial charge in [0.25, 0.3) is 0 Å². The molecule has 1 aromatic rings. The number of nitrogens with zero attached hydrogens (tertiary/aromatic N) is 1. The first kappa shape index (κ1) is 12.3. The zero-order valence-electron chi connectivity index (χ0n) is 9.62. The quantitative estimate of drug-likeness (QED) is 0.673. The van der Waals surface area contributed by atoms with E-state index in [9.17, 15) is 5.11 Å². The number of hydrogen-bond donors (Lipinski definition) is 3. The average molecular weight is 219 g/mol. The molecule has 0 spiro atoms. The van der Waals surface area contributed by atoms with Gasteiger partial charge in [-0.15, -0.1) is 0 Å². The molecule has 0 saturated carbocycles. The molecule has 4 nitrogen and oxygen atoms in total. The van der Waals surface area contributed by atoms with Gasteiger partial charge in [-0.3, -0.25) is 0 Å². The number of benzene rings is 1. The predicted octanol–water partition coefficient (Wildman–Crippen LogP) is 1.71. The second kappa shape index (κ2) is 4.86. The number of nitrogens with one attached hydrogen (secondary N) is 1. The van der Waals surface area contributed by atoms with Crippen molar-refractivity contribution in [2.24, 2.45) is 0 Å². The molecule has 0 fully saturated rings. The lowest BCUT2D eigenvalue weighted by Gasteiger charge is -2.22. The highest BCUT2D eigenvalue weighted by Crippen LogP contribution is 2.20. The zero-order valence-corrected chi connectivity index (χ0v) is 9.62. The van der Waals surface area contributed by atoms with Crippen LogP contribution in [-0.2, 0) is 0 Å². The lowest BCUT2D eigenvalue weighted by atomic mass is 10.0. The van der Waals surface area contributed by atoms with Gasteiger partial charge in [0.2, 0.25) is 0 Å². The molecule has 1 unspecified atom stereocenters. The van der Waals surface area contributed by atoms with Gasteiger partial charge in [0.1, 0.15) is 0 Å². The molecule has 0 aliphatic rings. The van der Waals surface area contributed by atoms with Crippen molar-refractivity contribution in [2.75, 3.05) is 17.6 Å². The van der Waals surface area contributed by atoms with E-state index in [4.69, 9.17) is 11.0 Å². The molecule has 1 aromatic carbocycles. The van der Waals surface area contributed by atoms with Gasteiger partial charge in [-0.05, 0) is 31.5 Å². The van der Waals surface area contributed by atoms with Crippen LogP contribution in [0.4, 0.5) is 11.4 Å². The van der Waals surface area contributed by atoms with Gasteiger partial charge in [-0.2, -0.15) is 5.26 Å². The lowest BCUT2D eigenvalue weighted by Crippen LogP contribution is -2.32. The van der Waals surface area contributed by atoms with E-state index in [2.05, 4.69) is 5.32 Å². The van der Waals surface area contributed by atoms with Crippen LogP contribution in [0.1, 0.15) is 25.8 Å². The smallest absolute Gasteiger partial charge is 0.0992 e. The fraction of sp³-hybridized carbons (Fsp3) is 0.417. The van der Waals surface area contributed by atoms with Crippen molar-refractivity contribution in [2.45, 2.75) is 25.9 Å². The summed E-state index contributed by atoms with van der Waals surface area (Å²) in [4.78, 5) is 0.